The highest BCUT2D eigenvalue weighted by Gasteiger charge is 2.12. The van der Waals surface area contributed by atoms with Crippen LogP contribution in [0.5, 0.6) is 0 Å². The topological polar surface area (TPSA) is 59.5 Å². The van der Waals surface area contributed by atoms with E-state index < -0.39 is 0 Å². The molecule has 0 aliphatic rings. The molecule has 5 nitrogen and oxygen atoms in total. The van der Waals surface area contributed by atoms with Crippen LogP contribution in [0, 0.1) is 0 Å². The van der Waals surface area contributed by atoms with Crippen molar-refractivity contribution >= 4 is 23.2 Å². The number of hydrogen-bond acceptors (Lipinski definition) is 5. The lowest BCUT2D eigenvalue weighted by Gasteiger charge is -2.14. The molecule has 6 heteroatoms. The molecule has 1 aromatic rings. The van der Waals surface area contributed by atoms with E-state index in [4.69, 9.17) is 0 Å². The SMILES string of the molecule is COC(=O)CCC(=O)N(C)Cc1nccs1. The van der Waals surface area contributed by atoms with E-state index in [2.05, 4.69) is 9.72 Å². The number of thiazole rings is 1. The Kier molecular flexibility index (Phi) is 4.91. The third kappa shape index (κ3) is 3.98. The minimum absolute atomic E-state index is 0.0828. The lowest BCUT2D eigenvalue weighted by Crippen LogP contribution is -2.26. The zero-order valence-corrected chi connectivity index (χ0v) is 10.1. The fourth-order valence-electron chi connectivity index (χ4n) is 1.12. The van der Waals surface area contributed by atoms with E-state index >= 15 is 0 Å². The second kappa shape index (κ2) is 6.22. The van der Waals surface area contributed by atoms with Gasteiger partial charge in [0.1, 0.15) is 5.01 Å². The maximum Gasteiger partial charge on any atom is 0.306 e. The third-order valence-electron chi connectivity index (χ3n) is 2.05. The molecule has 0 atom stereocenters. The molecule has 0 aliphatic carbocycles. The number of carbonyl (C=O) groups is 2. The van der Waals surface area contributed by atoms with Crippen LogP contribution in [0.25, 0.3) is 0 Å². The molecule has 0 saturated heterocycles. The highest BCUT2D eigenvalue weighted by Crippen LogP contribution is 2.08. The molecule has 0 fully saturated rings. The largest absolute Gasteiger partial charge is 0.469 e. The first-order chi connectivity index (χ1) is 7.63. The molecule has 1 aromatic heterocycles. The third-order valence-corrected chi connectivity index (χ3v) is 2.82. The number of carbonyl (C=O) groups excluding carboxylic acids is 2. The van der Waals surface area contributed by atoms with E-state index in [1.807, 2.05) is 5.38 Å². The Bertz CT molecular complexity index is 351. The zero-order chi connectivity index (χ0) is 12.0. The van der Waals surface area contributed by atoms with E-state index in [-0.39, 0.29) is 24.7 Å². The van der Waals surface area contributed by atoms with Crippen molar-refractivity contribution in [3.63, 3.8) is 0 Å². The summed E-state index contributed by atoms with van der Waals surface area (Å²) in [5.41, 5.74) is 0. The van der Waals surface area contributed by atoms with Gasteiger partial charge >= 0.3 is 5.97 Å². The first-order valence-electron chi connectivity index (χ1n) is 4.82. The molecular weight excluding hydrogens is 228 g/mol. The number of ether oxygens (including phenoxy) is 1. The minimum atomic E-state index is -0.365. The number of aromatic nitrogens is 1. The highest BCUT2D eigenvalue weighted by molar-refractivity contribution is 7.09. The van der Waals surface area contributed by atoms with Gasteiger partial charge < -0.3 is 9.64 Å². The molecule has 1 amide bonds. The first kappa shape index (κ1) is 12.6. The Hall–Kier alpha value is -1.43. The molecule has 1 rings (SSSR count). The molecule has 0 unspecified atom stereocenters. The summed E-state index contributed by atoms with van der Waals surface area (Å²) >= 11 is 1.50. The van der Waals surface area contributed by atoms with Crippen LogP contribution in [0.4, 0.5) is 0 Å². The predicted molar refractivity (Wildman–Crippen MR) is 59.8 cm³/mol. The monoisotopic (exact) mass is 242 g/mol. The number of methoxy groups -OCH3 is 1. The van der Waals surface area contributed by atoms with Crippen molar-refractivity contribution in [3.8, 4) is 0 Å². The first-order valence-corrected chi connectivity index (χ1v) is 5.70. The number of nitrogens with zero attached hydrogens (tertiary/aromatic N) is 2. The van der Waals surface area contributed by atoms with Crippen LogP contribution in [0.2, 0.25) is 0 Å². The van der Waals surface area contributed by atoms with Gasteiger partial charge in [-0.25, -0.2) is 4.98 Å². The molecule has 0 bridgehead atoms. The summed E-state index contributed by atoms with van der Waals surface area (Å²) in [5, 5.41) is 2.75. The summed E-state index contributed by atoms with van der Waals surface area (Å²) in [4.78, 5) is 28.1. The van der Waals surface area contributed by atoms with Gasteiger partial charge in [-0.1, -0.05) is 0 Å². The van der Waals surface area contributed by atoms with Crippen LogP contribution >= 0.6 is 11.3 Å². The normalized spacial score (nSPS) is 9.88. The van der Waals surface area contributed by atoms with Gasteiger partial charge in [0.2, 0.25) is 5.91 Å². The molecule has 0 aromatic carbocycles. The molecule has 0 spiro atoms. The molecule has 0 N–H and O–H groups in total. The van der Waals surface area contributed by atoms with Crippen molar-refractivity contribution in [2.45, 2.75) is 19.4 Å². The quantitative estimate of drug-likeness (QED) is 0.724. The molecule has 0 radical (unpaired) electrons. The summed E-state index contributed by atoms with van der Waals surface area (Å²) in [5.74, 6) is -0.448. The minimum Gasteiger partial charge on any atom is -0.469 e. The number of esters is 1. The van der Waals surface area contributed by atoms with Crippen LogP contribution in [-0.4, -0.2) is 35.9 Å². The Morgan fingerprint density at radius 3 is 2.81 bits per heavy atom. The van der Waals surface area contributed by atoms with Gasteiger partial charge in [0.15, 0.2) is 0 Å². The van der Waals surface area contributed by atoms with Crippen LogP contribution in [0.3, 0.4) is 0 Å². The summed E-state index contributed by atoms with van der Waals surface area (Å²) < 4.78 is 4.47. The highest BCUT2D eigenvalue weighted by atomic mass is 32.1. The number of rotatable bonds is 5. The Balaban J connectivity index is 2.33. The van der Waals surface area contributed by atoms with Gasteiger partial charge in [-0.15, -0.1) is 11.3 Å². The summed E-state index contributed by atoms with van der Waals surface area (Å²) in [6.07, 6.45) is 2.00. The van der Waals surface area contributed by atoms with E-state index in [0.717, 1.165) is 5.01 Å². The van der Waals surface area contributed by atoms with Gasteiger partial charge in [-0.05, 0) is 0 Å². The Morgan fingerprint density at radius 2 is 2.25 bits per heavy atom. The average molecular weight is 242 g/mol. The number of amides is 1. The second-order valence-corrected chi connectivity index (χ2v) is 4.23. The fourth-order valence-corrected chi connectivity index (χ4v) is 1.79. The lowest BCUT2D eigenvalue weighted by molar-refractivity contribution is -0.143. The fraction of sp³-hybridized carbons (Fsp3) is 0.500. The predicted octanol–water partition coefficient (Wildman–Crippen LogP) is 1.05. The molecule has 16 heavy (non-hydrogen) atoms. The molecular formula is C10H14N2O3S. The van der Waals surface area contributed by atoms with E-state index in [1.165, 1.54) is 18.4 Å². The van der Waals surface area contributed by atoms with Gasteiger partial charge in [0.05, 0.1) is 20.1 Å². The zero-order valence-electron chi connectivity index (χ0n) is 9.30. The van der Waals surface area contributed by atoms with Crippen molar-refractivity contribution in [1.29, 1.82) is 0 Å². The molecule has 88 valence electrons. The van der Waals surface area contributed by atoms with Gasteiger partial charge in [0.25, 0.3) is 0 Å². The van der Waals surface area contributed by atoms with Gasteiger partial charge in [0, 0.05) is 25.0 Å². The molecule has 1 heterocycles. The van der Waals surface area contributed by atoms with Crippen LogP contribution < -0.4 is 0 Å². The van der Waals surface area contributed by atoms with Crippen molar-refractivity contribution in [3.05, 3.63) is 16.6 Å². The second-order valence-electron chi connectivity index (χ2n) is 3.25. The van der Waals surface area contributed by atoms with Gasteiger partial charge in [-0.3, -0.25) is 9.59 Å². The van der Waals surface area contributed by atoms with Crippen molar-refractivity contribution in [2.24, 2.45) is 0 Å². The molecule has 0 aliphatic heterocycles. The average Bonchev–Trinajstić information content (AvgIpc) is 2.77. The summed E-state index contributed by atoms with van der Waals surface area (Å²) in [6, 6.07) is 0. The lowest BCUT2D eigenvalue weighted by atomic mass is 10.3. The maximum atomic E-state index is 11.6. The summed E-state index contributed by atoms with van der Waals surface area (Å²) in [6.45, 7) is 0.484. The number of hydrogen-bond donors (Lipinski definition) is 0. The smallest absolute Gasteiger partial charge is 0.306 e. The van der Waals surface area contributed by atoms with Crippen molar-refractivity contribution in [1.82, 2.24) is 9.88 Å². The Morgan fingerprint density at radius 1 is 1.50 bits per heavy atom. The Labute approximate surface area is 98.0 Å². The van der Waals surface area contributed by atoms with Crippen molar-refractivity contribution in [2.75, 3.05) is 14.2 Å². The standard InChI is InChI=1S/C10H14N2O3S/c1-12(7-8-11-5-6-16-8)9(13)3-4-10(14)15-2/h5-6H,3-4,7H2,1-2H3. The van der Waals surface area contributed by atoms with Crippen LogP contribution in [-0.2, 0) is 20.9 Å². The maximum absolute atomic E-state index is 11.6. The van der Waals surface area contributed by atoms with E-state index in [0.29, 0.717) is 6.54 Å². The van der Waals surface area contributed by atoms with Gasteiger partial charge in [-0.2, -0.15) is 0 Å². The van der Waals surface area contributed by atoms with Crippen LogP contribution in [0.1, 0.15) is 17.8 Å². The van der Waals surface area contributed by atoms with Crippen molar-refractivity contribution < 1.29 is 14.3 Å². The van der Waals surface area contributed by atoms with Crippen LogP contribution in [0.15, 0.2) is 11.6 Å². The summed E-state index contributed by atoms with van der Waals surface area (Å²) in [7, 11) is 3.01. The van der Waals surface area contributed by atoms with E-state index in [9.17, 15) is 9.59 Å². The molecule has 0 saturated carbocycles. The van der Waals surface area contributed by atoms with E-state index in [1.54, 1.807) is 18.1 Å².